The Kier molecular flexibility index (Phi) is 7.53. The van der Waals surface area contributed by atoms with Crippen LogP contribution in [0.25, 0.3) is 0 Å². The number of nitrogens with zero attached hydrogens (tertiary/aromatic N) is 1. The fourth-order valence-corrected chi connectivity index (χ4v) is 4.74. The second kappa shape index (κ2) is 10.7. The van der Waals surface area contributed by atoms with E-state index in [9.17, 15) is 14.7 Å². The minimum absolute atomic E-state index is 0.112. The summed E-state index contributed by atoms with van der Waals surface area (Å²) in [6.07, 6.45) is 4.54. The molecule has 3 heterocycles. The number of aryl methyl sites for hydroxylation is 2. The number of benzene rings is 1. The summed E-state index contributed by atoms with van der Waals surface area (Å²) in [6.45, 7) is 4.51. The molecule has 1 amide bonds. The van der Waals surface area contributed by atoms with Crippen molar-refractivity contribution in [2.24, 2.45) is 0 Å². The fourth-order valence-electron chi connectivity index (χ4n) is 4.74. The lowest BCUT2D eigenvalue weighted by atomic mass is 9.72. The molecular weight excluding hydrogens is 432 g/mol. The molecule has 1 fully saturated rings. The molecule has 1 aliphatic heterocycles. The highest BCUT2D eigenvalue weighted by Gasteiger charge is 2.43. The number of nitrogens with one attached hydrogen (secondary N) is 1. The Morgan fingerprint density at radius 1 is 1.15 bits per heavy atom. The van der Waals surface area contributed by atoms with Gasteiger partial charge in [-0.3, -0.25) is 14.5 Å². The van der Waals surface area contributed by atoms with Crippen molar-refractivity contribution in [2.75, 3.05) is 19.6 Å². The number of carbonyl (C=O) groups excluding carboxylic acids is 1. The van der Waals surface area contributed by atoms with E-state index in [1.807, 2.05) is 30.3 Å². The first-order chi connectivity index (χ1) is 16.4. The third-order valence-corrected chi connectivity index (χ3v) is 6.59. The second-order valence-electron chi connectivity index (χ2n) is 9.15. The molecule has 0 bridgehead atoms. The van der Waals surface area contributed by atoms with E-state index >= 15 is 0 Å². The fraction of sp³-hybridized carbons (Fsp3) is 0.407. The number of likely N-dealkylation sites (tertiary alicyclic amines) is 1. The van der Waals surface area contributed by atoms with Crippen LogP contribution < -0.4 is 10.7 Å². The molecule has 7 heteroatoms. The van der Waals surface area contributed by atoms with Crippen LogP contribution >= 0.6 is 0 Å². The zero-order valence-electron chi connectivity index (χ0n) is 19.6. The van der Waals surface area contributed by atoms with Crippen LogP contribution in [-0.4, -0.2) is 35.5 Å². The topological polar surface area (TPSA) is 95.9 Å². The van der Waals surface area contributed by atoms with Gasteiger partial charge in [-0.05, 0) is 57.0 Å². The lowest BCUT2D eigenvalue weighted by molar-refractivity contribution is -0.123. The zero-order valence-corrected chi connectivity index (χ0v) is 19.6. The summed E-state index contributed by atoms with van der Waals surface area (Å²) in [6, 6.07) is 15.3. The standard InChI is InChI=1S/C27H32N2O5/c1-20-17-23(30)25(32)26(34-20)27(18-24(31)28-13-5-9-22-10-6-16-33-22)11-14-29(15-12-27)19-21-7-3-2-4-8-21/h2-4,6-8,10,16-17,32H,5,9,11-15,18-19H2,1H3,(H,28,31). The molecule has 1 aromatic carbocycles. The van der Waals surface area contributed by atoms with Gasteiger partial charge in [0.15, 0.2) is 5.76 Å². The molecule has 0 radical (unpaired) electrons. The maximum absolute atomic E-state index is 13.0. The van der Waals surface area contributed by atoms with Crippen molar-refractivity contribution in [1.82, 2.24) is 10.2 Å². The highest BCUT2D eigenvalue weighted by molar-refractivity contribution is 5.77. The van der Waals surface area contributed by atoms with E-state index in [0.717, 1.165) is 38.2 Å². The Bertz CT molecular complexity index is 1130. The predicted octanol–water partition coefficient (Wildman–Crippen LogP) is 3.92. The van der Waals surface area contributed by atoms with E-state index in [0.29, 0.717) is 25.1 Å². The Hall–Kier alpha value is -3.32. The summed E-state index contributed by atoms with van der Waals surface area (Å²) in [4.78, 5) is 27.6. The summed E-state index contributed by atoms with van der Waals surface area (Å²) in [5.41, 5.74) is 0.0333. The Labute approximate surface area is 199 Å². The average Bonchev–Trinajstić information content (AvgIpc) is 3.35. The molecule has 0 atom stereocenters. The van der Waals surface area contributed by atoms with Crippen molar-refractivity contribution in [3.05, 3.63) is 87.9 Å². The first kappa shape index (κ1) is 23.8. The van der Waals surface area contributed by atoms with Crippen LogP contribution in [0.1, 0.15) is 48.5 Å². The Balaban J connectivity index is 1.45. The maximum atomic E-state index is 13.0. The number of carbonyl (C=O) groups is 1. The first-order valence-electron chi connectivity index (χ1n) is 11.8. The number of hydrogen-bond acceptors (Lipinski definition) is 6. The SMILES string of the molecule is Cc1cc(=O)c(O)c(C2(CC(=O)NCCCc3ccco3)CCN(Cc3ccccc3)CC2)o1. The smallest absolute Gasteiger partial charge is 0.227 e. The van der Waals surface area contributed by atoms with Gasteiger partial charge in [0, 0.05) is 37.4 Å². The van der Waals surface area contributed by atoms with Crippen molar-refractivity contribution in [1.29, 1.82) is 0 Å². The van der Waals surface area contributed by atoms with E-state index < -0.39 is 10.8 Å². The van der Waals surface area contributed by atoms with Gasteiger partial charge in [-0.15, -0.1) is 0 Å². The van der Waals surface area contributed by atoms with Gasteiger partial charge in [-0.2, -0.15) is 0 Å². The van der Waals surface area contributed by atoms with Gasteiger partial charge in [0.2, 0.25) is 17.1 Å². The van der Waals surface area contributed by atoms with Crippen LogP contribution in [0.2, 0.25) is 0 Å². The number of aromatic hydroxyl groups is 1. The van der Waals surface area contributed by atoms with Crippen molar-refractivity contribution in [3.63, 3.8) is 0 Å². The van der Waals surface area contributed by atoms with Gasteiger partial charge in [0.1, 0.15) is 11.5 Å². The van der Waals surface area contributed by atoms with Gasteiger partial charge in [0.05, 0.1) is 6.26 Å². The quantitative estimate of drug-likeness (QED) is 0.466. The van der Waals surface area contributed by atoms with Crippen LogP contribution in [0.4, 0.5) is 0 Å². The lowest BCUT2D eigenvalue weighted by Crippen LogP contribution is -2.45. The minimum atomic E-state index is -0.729. The number of hydrogen-bond donors (Lipinski definition) is 2. The molecule has 2 N–H and O–H groups in total. The third-order valence-electron chi connectivity index (χ3n) is 6.59. The van der Waals surface area contributed by atoms with Crippen molar-refractivity contribution in [2.45, 2.75) is 51.0 Å². The van der Waals surface area contributed by atoms with Crippen molar-refractivity contribution < 1.29 is 18.7 Å². The predicted molar refractivity (Wildman–Crippen MR) is 129 cm³/mol. The molecular formula is C27H32N2O5. The van der Waals surface area contributed by atoms with E-state index in [1.165, 1.54) is 11.6 Å². The number of piperidine rings is 1. The molecule has 2 aromatic heterocycles. The summed E-state index contributed by atoms with van der Waals surface area (Å²) >= 11 is 0. The molecule has 0 saturated carbocycles. The molecule has 0 aliphatic carbocycles. The molecule has 1 aliphatic rings. The molecule has 3 aromatic rings. The number of furan rings is 1. The van der Waals surface area contributed by atoms with Gasteiger partial charge < -0.3 is 19.3 Å². The number of rotatable bonds is 9. The maximum Gasteiger partial charge on any atom is 0.227 e. The van der Waals surface area contributed by atoms with Gasteiger partial charge in [-0.25, -0.2) is 0 Å². The second-order valence-corrected chi connectivity index (χ2v) is 9.15. The summed E-state index contributed by atoms with van der Waals surface area (Å²) < 4.78 is 11.2. The molecule has 1 saturated heterocycles. The van der Waals surface area contributed by atoms with Crippen LogP contribution in [0.15, 0.2) is 68.4 Å². The van der Waals surface area contributed by atoms with Gasteiger partial charge in [0.25, 0.3) is 0 Å². The zero-order chi connectivity index (χ0) is 24.0. The summed E-state index contributed by atoms with van der Waals surface area (Å²) in [5, 5.41) is 13.6. The normalized spacial score (nSPS) is 15.8. The van der Waals surface area contributed by atoms with Crippen LogP contribution in [0.5, 0.6) is 5.75 Å². The average molecular weight is 465 g/mol. The molecule has 34 heavy (non-hydrogen) atoms. The highest BCUT2D eigenvalue weighted by atomic mass is 16.4. The van der Waals surface area contributed by atoms with Crippen LogP contribution in [0, 0.1) is 6.92 Å². The van der Waals surface area contributed by atoms with Crippen molar-refractivity contribution >= 4 is 5.91 Å². The van der Waals surface area contributed by atoms with E-state index in [2.05, 4.69) is 22.3 Å². The molecule has 4 rings (SSSR count). The molecule has 0 unspecified atom stereocenters. The minimum Gasteiger partial charge on any atom is -0.502 e. The lowest BCUT2D eigenvalue weighted by Gasteiger charge is -2.41. The first-order valence-corrected chi connectivity index (χ1v) is 11.8. The summed E-state index contributed by atoms with van der Waals surface area (Å²) in [7, 11) is 0. The molecule has 7 nitrogen and oxygen atoms in total. The van der Waals surface area contributed by atoms with Gasteiger partial charge >= 0.3 is 0 Å². The van der Waals surface area contributed by atoms with Crippen LogP contribution in [-0.2, 0) is 23.2 Å². The molecule has 0 spiro atoms. The molecule has 180 valence electrons. The Morgan fingerprint density at radius 3 is 2.62 bits per heavy atom. The van der Waals surface area contributed by atoms with E-state index in [-0.39, 0.29) is 23.8 Å². The number of amides is 1. The van der Waals surface area contributed by atoms with Crippen LogP contribution in [0.3, 0.4) is 0 Å². The van der Waals surface area contributed by atoms with E-state index in [1.54, 1.807) is 13.2 Å². The van der Waals surface area contributed by atoms with E-state index in [4.69, 9.17) is 8.83 Å². The monoisotopic (exact) mass is 464 g/mol. The Morgan fingerprint density at radius 2 is 1.91 bits per heavy atom. The van der Waals surface area contributed by atoms with Crippen molar-refractivity contribution in [3.8, 4) is 5.75 Å². The van der Waals surface area contributed by atoms with Gasteiger partial charge in [-0.1, -0.05) is 30.3 Å². The third kappa shape index (κ3) is 5.78. The highest BCUT2D eigenvalue weighted by Crippen LogP contribution is 2.42. The summed E-state index contributed by atoms with van der Waals surface area (Å²) in [5.74, 6) is 1.07. The largest absolute Gasteiger partial charge is 0.502 e.